The molecular weight excluding hydrogens is 246 g/mol. The van der Waals surface area contributed by atoms with Crippen molar-refractivity contribution >= 4 is 0 Å². The lowest BCUT2D eigenvalue weighted by Crippen LogP contribution is -2.15. The monoisotopic (exact) mass is 261 g/mol. The molecule has 1 N–H and O–H groups in total. The van der Waals surface area contributed by atoms with Gasteiger partial charge >= 0.3 is 11.7 Å². The summed E-state index contributed by atoms with van der Waals surface area (Å²) in [7, 11) is 1.41. The van der Waals surface area contributed by atoms with Gasteiger partial charge in [0.2, 0.25) is 0 Å². The predicted octanol–water partition coefficient (Wildman–Crippen LogP) is 1.63. The van der Waals surface area contributed by atoms with Crippen LogP contribution < -0.4 is 15.2 Å². The number of hydrogen-bond donors (Lipinski definition) is 1. The van der Waals surface area contributed by atoms with Crippen molar-refractivity contribution in [2.45, 2.75) is 20.0 Å². The predicted molar refractivity (Wildman–Crippen MR) is 70.4 cm³/mol. The summed E-state index contributed by atoms with van der Waals surface area (Å²) in [4.78, 5) is 21.7. The smallest absolute Gasteiger partial charge is 0.351 e. The molecule has 0 aliphatic heterocycles. The average molecular weight is 261 g/mol. The van der Waals surface area contributed by atoms with Crippen LogP contribution in [-0.4, -0.2) is 28.2 Å². The molecule has 0 fully saturated rings. The van der Waals surface area contributed by atoms with Crippen molar-refractivity contribution in [2.75, 3.05) is 7.11 Å². The Hall–Kier alpha value is -2.37. The topological polar surface area (TPSA) is 77.1 Å². The van der Waals surface area contributed by atoms with E-state index in [-0.39, 0.29) is 12.1 Å². The van der Waals surface area contributed by atoms with Crippen molar-refractivity contribution in [3.8, 4) is 23.1 Å². The Balaban J connectivity index is 2.52. The summed E-state index contributed by atoms with van der Waals surface area (Å²) >= 11 is 0. The number of aromatic amines is 1. The second kappa shape index (κ2) is 5.51. The first-order chi connectivity index (χ1) is 9.10. The molecule has 0 aliphatic rings. The molecule has 1 heterocycles. The molecule has 6 heteroatoms. The maximum Gasteiger partial charge on any atom is 0.351 e. The number of nitrogens with one attached hydrogen (secondary N) is 1. The molecule has 0 aliphatic carbocycles. The third kappa shape index (κ3) is 3.09. The molecule has 0 atom stereocenters. The molecule has 0 saturated heterocycles. The van der Waals surface area contributed by atoms with E-state index in [1.54, 1.807) is 0 Å². The summed E-state index contributed by atoms with van der Waals surface area (Å²) in [5.74, 6) is 1.02. The molecular formula is C13H15N3O3. The molecule has 1 aromatic heterocycles. The lowest BCUT2D eigenvalue weighted by molar-refractivity contribution is 0.243. The minimum absolute atomic E-state index is 0.0246. The van der Waals surface area contributed by atoms with Crippen LogP contribution in [0.2, 0.25) is 0 Å². The number of benzene rings is 1. The molecule has 6 nitrogen and oxygen atoms in total. The minimum atomic E-state index is -0.513. The average Bonchev–Trinajstić information content (AvgIpc) is 2.38. The van der Waals surface area contributed by atoms with Crippen LogP contribution in [0.1, 0.15) is 13.8 Å². The zero-order valence-corrected chi connectivity index (χ0v) is 11.0. The van der Waals surface area contributed by atoms with Gasteiger partial charge in [-0.05, 0) is 26.0 Å². The van der Waals surface area contributed by atoms with Crippen LogP contribution in [0.5, 0.6) is 11.8 Å². The summed E-state index contributed by atoms with van der Waals surface area (Å²) in [5.41, 5.74) is 0.176. The lowest BCUT2D eigenvalue weighted by atomic mass is 10.2. The van der Waals surface area contributed by atoms with Gasteiger partial charge in [-0.1, -0.05) is 12.1 Å². The van der Waals surface area contributed by atoms with E-state index in [0.717, 1.165) is 0 Å². The first-order valence-corrected chi connectivity index (χ1v) is 5.88. The summed E-state index contributed by atoms with van der Waals surface area (Å²) in [6, 6.07) is 7.36. The van der Waals surface area contributed by atoms with E-state index in [1.165, 1.54) is 7.11 Å². The van der Waals surface area contributed by atoms with Gasteiger partial charge in [0.05, 0.1) is 18.8 Å². The SMILES string of the molecule is COc1nc(-c2ccccc2OC(C)C)[nH]c(=O)n1. The van der Waals surface area contributed by atoms with Gasteiger partial charge in [0.15, 0.2) is 5.82 Å². The van der Waals surface area contributed by atoms with Crippen LogP contribution in [0.4, 0.5) is 0 Å². The van der Waals surface area contributed by atoms with E-state index >= 15 is 0 Å². The fourth-order valence-corrected chi connectivity index (χ4v) is 1.60. The lowest BCUT2D eigenvalue weighted by Gasteiger charge is -2.13. The highest BCUT2D eigenvalue weighted by Gasteiger charge is 2.11. The van der Waals surface area contributed by atoms with Crippen molar-refractivity contribution in [1.29, 1.82) is 0 Å². The summed E-state index contributed by atoms with van der Waals surface area (Å²) in [5, 5.41) is 0. The van der Waals surface area contributed by atoms with Gasteiger partial charge in [-0.3, -0.25) is 4.98 Å². The third-order valence-electron chi connectivity index (χ3n) is 2.32. The number of aromatic nitrogens is 3. The van der Waals surface area contributed by atoms with Crippen LogP contribution in [0.25, 0.3) is 11.4 Å². The van der Waals surface area contributed by atoms with Crippen LogP contribution in [0, 0.1) is 0 Å². The minimum Gasteiger partial charge on any atom is -0.490 e. The third-order valence-corrected chi connectivity index (χ3v) is 2.32. The summed E-state index contributed by atoms with van der Waals surface area (Å²) in [6.07, 6.45) is 0.0246. The highest BCUT2D eigenvalue weighted by molar-refractivity contribution is 5.63. The van der Waals surface area contributed by atoms with Crippen LogP contribution >= 0.6 is 0 Å². The van der Waals surface area contributed by atoms with E-state index in [2.05, 4.69) is 15.0 Å². The van der Waals surface area contributed by atoms with Crippen molar-refractivity contribution in [3.63, 3.8) is 0 Å². The first-order valence-electron chi connectivity index (χ1n) is 5.88. The molecule has 1 aromatic carbocycles. The standard InChI is InChI=1S/C13H15N3O3/c1-8(2)19-10-7-5-4-6-9(10)11-14-12(17)16-13(15-11)18-3/h4-8H,1-3H3,(H,14,15,16,17). The van der Waals surface area contributed by atoms with Crippen molar-refractivity contribution in [1.82, 2.24) is 15.0 Å². The highest BCUT2D eigenvalue weighted by Crippen LogP contribution is 2.27. The molecule has 0 radical (unpaired) electrons. The van der Waals surface area contributed by atoms with Crippen LogP contribution in [0.3, 0.4) is 0 Å². The van der Waals surface area contributed by atoms with Crippen molar-refractivity contribution in [3.05, 3.63) is 34.7 Å². The van der Waals surface area contributed by atoms with Gasteiger partial charge in [-0.2, -0.15) is 4.98 Å². The van der Waals surface area contributed by atoms with Gasteiger partial charge in [0.1, 0.15) is 5.75 Å². The number of rotatable bonds is 4. The number of H-pyrrole nitrogens is 1. The Kier molecular flexibility index (Phi) is 3.79. The molecule has 19 heavy (non-hydrogen) atoms. The largest absolute Gasteiger partial charge is 0.490 e. The quantitative estimate of drug-likeness (QED) is 0.905. The number of ether oxygens (including phenoxy) is 2. The van der Waals surface area contributed by atoms with Gasteiger partial charge in [0, 0.05) is 0 Å². The van der Waals surface area contributed by atoms with Gasteiger partial charge in [-0.25, -0.2) is 4.79 Å². The fourth-order valence-electron chi connectivity index (χ4n) is 1.60. The summed E-state index contributed by atoms with van der Waals surface area (Å²) < 4.78 is 10.6. The molecule has 0 saturated carbocycles. The highest BCUT2D eigenvalue weighted by atomic mass is 16.5. The van der Waals surface area contributed by atoms with E-state index in [0.29, 0.717) is 17.1 Å². The Morgan fingerprint density at radius 1 is 1.21 bits per heavy atom. The number of nitrogens with zero attached hydrogens (tertiary/aromatic N) is 2. The van der Waals surface area contributed by atoms with E-state index in [1.807, 2.05) is 38.1 Å². The van der Waals surface area contributed by atoms with Gasteiger partial charge in [-0.15, -0.1) is 4.98 Å². The van der Waals surface area contributed by atoms with E-state index < -0.39 is 5.69 Å². The Bertz CT molecular complexity index is 623. The van der Waals surface area contributed by atoms with Gasteiger partial charge in [0.25, 0.3) is 0 Å². The zero-order chi connectivity index (χ0) is 13.8. The molecule has 100 valence electrons. The van der Waals surface area contributed by atoms with Crippen molar-refractivity contribution < 1.29 is 9.47 Å². The number of hydrogen-bond acceptors (Lipinski definition) is 5. The summed E-state index contributed by atoms with van der Waals surface area (Å²) in [6.45, 7) is 3.86. The maximum absolute atomic E-state index is 11.4. The maximum atomic E-state index is 11.4. The second-order valence-corrected chi connectivity index (χ2v) is 4.15. The molecule has 2 rings (SSSR count). The molecule has 2 aromatic rings. The Morgan fingerprint density at radius 3 is 2.63 bits per heavy atom. The normalized spacial score (nSPS) is 10.5. The number of para-hydroxylation sites is 1. The second-order valence-electron chi connectivity index (χ2n) is 4.15. The van der Waals surface area contributed by atoms with Crippen LogP contribution in [-0.2, 0) is 0 Å². The van der Waals surface area contributed by atoms with Crippen LogP contribution in [0.15, 0.2) is 29.1 Å². The van der Waals surface area contributed by atoms with E-state index in [4.69, 9.17) is 9.47 Å². The zero-order valence-electron chi connectivity index (χ0n) is 11.0. The Labute approximate surface area is 110 Å². The van der Waals surface area contributed by atoms with Gasteiger partial charge < -0.3 is 9.47 Å². The fraction of sp³-hybridized carbons (Fsp3) is 0.308. The van der Waals surface area contributed by atoms with E-state index in [9.17, 15) is 4.79 Å². The number of methoxy groups -OCH3 is 1. The Morgan fingerprint density at radius 2 is 1.95 bits per heavy atom. The first kappa shape index (κ1) is 13.1. The molecule has 0 unspecified atom stereocenters. The van der Waals surface area contributed by atoms with Crippen molar-refractivity contribution in [2.24, 2.45) is 0 Å². The molecule has 0 bridgehead atoms. The molecule has 0 spiro atoms. The molecule has 0 amide bonds.